The average molecular weight is 275 g/mol. The lowest BCUT2D eigenvalue weighted by atomic mass is 10.1. The minimum Gasteiger partial charge on any atom is -0.489 e. The fraction of sp³-hybridized carbons (Fsp3) is 0.125. The van der Waals surface area contributed by atoms with Gasteiger partial charge in [-0.3, -0.25) is 0 Å². The monoisotopic (exact) mass is 275 g/mol. The van der Waals surface area contributed by atoms with E-state index in [0.29, 0.717) is 23.4 Å². The number of nitrogens with two attached hydrogens (primary N) is 1. The highest BCUT2D eigenvalue weighted by molar-refractivity contribution is 5.48. The van der Waals surface area contributed by atoms with Gasteiger partial charge in [-0.15, -0.1) is 6.58 Å². The lowest BCUT2D eigenvalue weighted by molar-refractivity contribution is 0.302. The SMILES string of the molecule is C=CCc1cc(N)ccc1OCc1ccc(F)c(F)c1. The number of nitrogen functional groups attached to an aromatic ring is 1. The molecule has 2 N–H and O–H groups in total. The Morgan fingerprint density at radius 3 is 2.60 bits per heavy atom. The van der Waals surface area contributed by atoms with E-state index in [1.165, 1.54) is 6.07 Å². The molecule has 0 aliphatic rings. The average Bonchev–Trinajstić information content (AvgIpc) is 2.42. The second kappa shape index (κ2) is 6.19. The molecule has 104 valence electrons. The van der Waals surface area contributed by atoms with E-state index in [1.54, 1.807) is 18.2 Å². The number of ether oxygens (including phenoxy) is 1. The molecule has 0 atom stereocenters. The third-order valence-corrected chi connectivity index (χ3v) is 2.83. The lowest BCUT2D eigenvalue weighted by Gasteiger charge is -2.11. The molecule has 0 saturated heterocycles. The predicted octanol–water partition coefficient (Wildman–Crippen LogP) is 3.85. The summed E-state index contributed by atoms with van der Waals surface area (Å²) in [6.45, 7) is 3.84. The molecule has 2 aromatic rings. The van der Waals surface area contributed by atoms with Crippen LogP contribution in [0.4, 0.5) is 14.5 Å². The van der Waals surface area contributed by atoms with Gasteiger partial charge in [-0.05, 0) is 47.9 Å². The number of halogens is 2. The Bertz CT molecular complexity index is 626. The number of rotatable bonds is 5. The first-order chi connectivity index (χ1) is 9.60. The first-order valence-corrected chi connectivity index (χ1v) is 6.16. The van der Waals surface area contributed by atoms with Crippen molar-refractivity contribution in [1.29, 1.82) is 0 Å². The highest BCUT2D eigenvalue weighted by Crippen LogP contribution is 2.23. The summed E-state index contributed by atoms with van der Waals surface area (Å²) < 4.78 is 31.6. The van der Waals surface area contributed by atoms with Crippen molar-refractivity contribution in [1.82, 2.24) is 0 Å². The van der Waals surface area contributed by atoms with Crippen molar-refractivity contribution in [2.45, 2.75) is 13.0 Å². The van der Waals surface area contributed by atoms with Crippen molar-refractivity contribution in [2.24, 2.45) is 0 Å². The van der Waals surface area contributed by atoms with E-state index in [4.69, 9.17) is 10.5 Å². The summed E-state index contributed by atoms with van der Waals surface area (Å²) in [5.74, 6) is -1.09. The highest BCUT2D eigenvalue weighted by Gasteiger charge is 2.06. The van der Waals surface area contributed by atoms with Gasteiger partial charge in [0, 0.05) is 5.69 Å². The molecule has 2 rings (SSSR count). The van der Waals surface area contributed by atoms with Crippen LogP contribution < -0.4 is 10.5 Å². The Balaban J connectivity index is 2.13. The van der Waals surface area contributed by atoms with Crippen LogP contribution in [0.3, 0.4) is 0 Å². The molecule has 2 nitrogen and oxygen atoms in total. The van der Waals surface area contributed by atoms with Crippen molar-refractivity contribution in [2.75, 3.05) is 5.73 Å². The van der Waals surface area contributed by atoms with Gasteiger partial charge < -0.3 is 10.5 Å². The van der Waals surface area contributed by atoms with Crippen molar-refractivity contribution < 1.29 is 13.5 Å². The minimum absolute atomic E-state index is 0.158. The molecule has 0 heterocycles. The molecule has 0 unspecified atom stereocenters. The van der Waals surface area contributed by atoms with Gasteiger partial charge in [0.25, 0.3) is 0 Å². The summed E-state index contributed by atoms with van der Waals surface area (Å²) in [4.78, 5) is 0. The maximum absolute atomic E-state index is 13.1. The Labute approximate surface area is 116 Å². The number of benzene rings is 2. The van der Waals surface area contributed by atoms with Crippen LogP contribution >= 0.6 is 0 Å². The second-order valence-corrected chi connectivity index (χ2v) is 4.40. The summed E-state index contributed by atoms with van der Waals surface area (Å²) in [6.07, 6.45) is 2.37. The van der Waals surface area contributed by atoms with Crippen molar-refractivity contribution >= 4 is 5.69 Å². The van der Waals surface area contributed by atoms with Gasteiger partial charge in [-0.2, -0.15) is 0 Å². The highest BCUT2D eigenvalue weighted by atomic mass is 19.2. The first-order valence-electron chi connectivity index (χ1n) is 6.16. The van der Waals surface area contributed by atoms with Crippen molar-refractivity contribution in [3.8, 4) is 5.75 Å². The zero-order valence-corrected chi connectivity index (χ0v) is 10.9. The molecule has 0 aliphatic carbocycles. The molecule has 2 aromatic carbocycles. The van der Waals surface area contributed by atoms with E-state index >= 15 is 0 Å². The molecule has 0 saturated carbocycles. The quantitative estimate of drug-likeness (QED) is 0.664. The molecule has 0 bridgehead atoms. The molecule has 0 fully saturated rings. The van der Waals surface area contributed by atoms with Crippen LogP contribution in [-0.2, 0) is 13.0 Å². The van der Waals surface area contributed by atoms with Gasteiger partial charge in [0.2, 0.25) is 0 Å². The first kappa shape index (κ1) is 14.1. The minimum atomic E-state index is -0.880. The Hall–Kier alpha value is -2.36. The molecule has 0 amide bonds. The van der Waals surface area contributed by atoms with Crippen LogP contribution in [0.2, 0.25) is 0 Å². The smallest absolute Gasteiger partial charge is 0.159 e. The maximum atomic E-state index is 13.1. The van der Waals surface area contributed by atoms with Gasteiger partial charge >= 0.3 is 0 Å². The molecular formula is C16H15F2NO. The van der Waals surface area contributed by atoms with Crippen LogP contribution in [0.25, 0.3) is 0 Å². The van der Waals surface area contributed by atoms with Gasteiger partial charge in [-0.1, -0.05) is 12.1 Å². The topological polar surface area (TPSA) is 35.2 Å². The normalized spacial score (nSPS) is 10.3. The fourth-order valence-corrected chi connectivity index (χ4v) is 1.85. The fourth-order valence-electron chi connectivity index (χ4n) is 1.85. The zero-order valence-electron chi connectivity index (χ0n) is 10.9. The van der Waals surface area contributed by atoms with E-state index in [9.17, 15) is 8.78 Å². The Kier molecular flexibility index (Phi) is 4.35. The third-order valence-electron chi connectivity index (χ3n) is 2.83. The Morgan fingerprint density at radius 1 is 1.10 bits per heavy atom. The summed E-state index contributed by atoms with van der Waals surface area (Å²) in [7, 11) is 0. The van der Waals surface area contributed by atoms with Crippen LogP contribution in [0.15, 0.2) is 49.1 Å². The number of hydrogen-bond donors (Lipinski definition) is 1. The van der Waals surface area contributed by atoms with Gasteiger partial charge in [0.05, 0.1) is 0 Å². The van der Waals surface area contributed by atoms with Crippen LogP contribution in [0.5, 0.6) is 5.75 Å². The van der Waals surface area contributed by atoms with E-state index in [1.807, 2.05) is 6.07 Å². The number of anilines is 1. The van der Waals surface area contributed by atoms with Gasteiger partial charge in [0.1, 0.15) is 12.4 Å². The molecule has 0 aromatic heterocycles. The molecular weight excluding hydrogens is 260 g/mol. The number of allylic oxidation sites excluding steroid dienone is 1. The van der Waals surface area contributed by atoms with E-state index in [0.717, 1.165) is 17.7 Å². The van der Waals surface area contributed by atoms with E-state index in [-0.39, 0.29) is 6.61 Å². The predicted molar refractivity (Wildman–Crippen MR) is 75.4 cm³/mol. The summed E-state index contributed by atoms with van der Waals surface area (Å²) >= 11 is 0. The Morgan fingerprint density at radius 2 is 1.90 bits per heavy atom. The van der Waals surface area contributed by atoms with Gasteiger partial charge in [0.15, 0.2) is 11.6 Å². The maximum Gasteiger partial charge on any atom is 0.159 e. The van der Waals surface area contributed by atoms with Crippen LogP contribution in [0.1, 0.15) is 11.1 Å². The number of hydrogen-bond acceptors (Lipinski definition) is 2. The third kappa shape index (κ3) is 3.35. The molecule has 0 spiro atoms. The second-order valence-electron chi connectivity index (χ2n) is 4.40. The summed E-state index contributed by atoms with van der Waals surface area (Å²) in [5, 5.41) is 0. The van der Waals surface area contributed by atoms with Crippen LogP contribution in [0, 0.1) is 11.6 Å². The van der Waals surface area contributed by atoms with E-state index in [2.05, 4.69) is 6.58 Å². The summed E-state index contributed by atoms with van der Waals surface area (Å²) in [5.41, 5.74) is 7.83. The largest absolute Gasteiger partial charge is 0.489 e. The van der Waals surface area contributed by atoms with Crippen LogP contribution in [-0.4, -0.2) is 0 Å². The molecule has 4 heteroatoms. The van der Waals surface area contributed by atoms with Gasteiger partial charge in [-0.25, -0.2) is 8.78 Å². The molecule has 0 aliphatic heterocycles. The van der Waals surface area contributed by atoms with E-state index < -0.39 is 11.6 Å². The molecule has 20 heavy (non-hydrogen) atoms. The zero-order chi connectivity index (χ0) is 14.5. The standard InChI is InChI=1S/C16H15F2NO/c1-2-3-12-9-13(19)5-7-16(12)20-10-11-4-6-14(17)15(18)8-11/h2,4-9H,1,3,10,19H2. The van der Waals surface area contributed by atoms with Crippen molar-refractivity contribution in [3.05, 3.63) is 71.8 Å². The lowest BCUT2D eigenvalue weighted by Crippen LogP contribution is -2.00. The molecule has 0 radical (unpaired) electrons. The summed E-state index contributed by atoms with van der Waals surface area (Å²) in [6, 6.07) is 8.99. The van der Waals surface area contributed by atoms with Crippen molar-refractivity contribution in [3.63, 3.8) is 0 Å².